The van der Waals surface area contributed by atoms with Crippen molar-refractivity contribution in [1.82, 2.24) is 9.88 Å². The first-order chi connectivity index (χ1) is 13.7. The van der Waals surface area contributed by atoms with E-state index in [-0.39, 0.29) is 11.9 Å². The van der Waals surface area contributed by atoms with Gasteiger partial charge >= 0.3 is 0 Å². The first kappa shape index (κ1) is 18.4. The third-order valence-electron chi connectivity index (χ3n) is 5.63. The number of rotatable bonds is 6. The van der Waals surface area contributed by atoms with Gasteiger partial charge in [-0.1, -0.05) is 24.3 Å². The number of aromatic amines is 1. The average Bonchev–Trinajstić information content (AvgIpc) is 3.35. The molecule has 3 aromatic rings. The molecule has 4 rings (SSSR count). The molecule has 1 N–H and O–H groups in total. The third-order valence-corrected chi connectivity index (χ3v) is 5.63. The molecule has 5 heteroatoms. The van der Waals surface area contributed by atoms with Crippen LogP contribution in [0.1, 0.15) is 24.0 Å². The summed E-state index contributed by atoms with van der Waals surface area (Å²) in [7, 11) is 3.23. The zero-order chi connectivity index (χ0) is 19.5. The predicted molar refractivity (Wildman–Crippen MR) is 110 cm³/mol. The summed E-state index contributed by atoms with van der Waals surface area (Å²) in [6, 6.07) is 14.3. The number of likely N-dealkylation sites (tertiary alicyclic amines) is 1. The number of nitrogens with zero attached hydrogens (tertiary/aromatic N) is 1. The van der Waals surface area contributed by atoms with Gasteiger partial charge in [0.05, 0.1) is 20.6 Å². The minimum atomic E-state index is 0.176. The molecule has 1 aromatic heterocycles. The number of carbonyl (C=O) groups excluding carboxylic acids is 1. The molecule has 2 heterocycles. The van der Waals surface area contributed by atoms with Crippen LogP contribution in [0.5, 0.6) is 11.5 Å². The highest BCUT2D eigenvalue weighted by Gasteiger charge is 2.29. The second kappa shape index (κ2) is 7.97. The van der Waals surface area contributed by atoms with Gasteiger partial charge in [0.15, 0.2) is 11.5 Å². The van der Waals surface area contributed by atoms with E-state index in [1.165, 1.54) is 10.9 Å². The molecular formula is C23H26N2O3. The molecule has 0 saturated carbocycles. The van der Waals surface area contributed by atoms with Gasteiger partial charge in [-0.25, -0.2) is 0 Å². The standard InChI is InChI=1S/C23H26N2O3/c1-27-21-10-9-16(12-22(21)28-2)13-23(26)25-11-5-6-18(25)14-17-15-24-20-8-4-3-7-19(17)20/h3-4,7-10,12,15,18,24H,5-6,11,13-14H2,1-2H3. The fourth-order valence-electron chi connectivity index (χ4n) is 4.20. The Hall–Kier alpha value is -2.95. The zero-order valence-corrected chi connectivity index (χ0v) is 16.4. The summed E-state index contributed by atoms with van der Waals surface area (Å²) in [5.41, 5.74) is 3.38. The minimum Gasteiger partial charge on any atom is -0.493 e. The lowest BCUT2D eigenvalue weighted by Crippen LogP contribution is -2.37. The zero-order valence-electron chi connectivity index (χ0n) is 16.4. The number of hydrogen-bond donors (Lipinski definition) is 1. The Morgan fingerprint density at radius 2 is 1.96 bits per heavy atom. The first-order valence-electron chi connectivity index (χ1n) is 9.75. The van der Waals surface area contributed by atoms with Crippen LogP contribution in [0.25, 0.3) is 10.9 Å². The molecule has 1 aliphatic rings. The lowest BCUT2D eigenvalue weighted by Gasteiger charge is -2.25. The summed E-state index contributed by atoms with van der Waals surface area (Å²) in [5, 5.41) is 1.25. The Kier molecular flexibility index (Phi) is 5.24. The number of benzene rings is 2. The molecule has 0 spiro atoms. The molecule has 0 bridgehead atoms. The van der Waals surface area contributed by atoms with Crippen molar-refractivity contribution in [3.63, 3.8) is 0 Å². The number of H-pyrrole nitrogens is 1. The van der Waals surface area contributed by atoms with E-state index in [1.54, 1.807) is 14.2 Å². The molecular weight excluding hydrogens is 352 g/mol. The predicted octanol–water partition coefficient (Wildman–Crippen LogP) is 3.96. The lowest BCUT2D eigenvalue weighted by atomic mass is 10.0. The van der Waals surface area contributed by atoms with Gasteiger partial charge < -0.3 is 19.4 Å². The van der Waals surface area contributed by atoms with Crippen LogP contribution in [0.15, 0.2) is 48.7 Å². The Balaban J connectivity index is 1.48. The molecule has 1 atom stereocenters. The maximum Gasteiger partial charge on any atom is 0.227 e. The van der Waals surface area contributed by atoms with Gasteiger partial charge in [-0.05, 0) is 48.6 Å². The van der Waals surface area contributed by atoms with Crippen LogP contribution >= 0.6 is 0 Å². The van der Waals surface area contributed by atoms with E-state index in [0.29, 0.717) is 17.9 Å². The van der Waals surface area contributed by atoms with E-state index >= 15 is 0 Å². The van der Waals surface area contributed by atoms with Crippen molar-refractivity contribution >= 4 is 16.8 Å². The molecule has 5 nitrogen and oxygen atoms in total. The minimum absolute atomic E-state index is 0.176. The molecule has 1 aliphatic heterocycles. The number of fused-ring (bicyclic) bond motifs is 1. The quantitative estimate of drug-likeness (QED) is 0.706. The van der Waals surface area contributed by atoms with Crippen LogP contribution in [0.4, 0.5) is 0 Å². The molecule has 0 aliphatic carbocycles. The van der Waals surface area contributed by atoms with Crippen molar-refractivity contribution in [2.75, 3.05) is 20.8 Å². The van der Waals surface area contributed by atoms with Crippen LogP contribution in [-0.2, 0) is 17.6 Å². The third kappa shape index (κ3) is 3.57. The van der Waals surface area contributed by atoms with Crippen molar-refractivity contribution < 1.29 is 14.3 Å². The fraction of sp³-hybridized carbons (Fsp3) is 0.348. The topological polar surface area (TPSA) is 54.6 Å². The summed E-state index contributed by atoms with van der Waals surface area (Å²) < 4.78 is 10.6. The lowest BCUT2D eigenvalue weighted by molar-refractivity contribution is -0.131. The largest absolute Gasteiger partial charge is 0.493 e. The maximum atomic E-state index is 13.0. The highest BCUT2D eigenvalue weighted by molar-refractivity contribution is 5.83. The van der Waals surface area contributed by atoms with E-state index in [4.69, 9.17) is 9.47 Å². The number of carbonyl (C=O) groups is 1. The molecule has 2 aromatic carbocycles. The molecule has 146 valence electrons. The van der Waals surface area contributed by atoms with Crippen molar-refractivity contribution in [2.24, 2.45) is 0 Å². The average molecular weight is 378 g/mol. The van der Waals surface area contributed by atoms with Crippen LogP contribution < -0.4 is 9.47 Å². The Labute approximate surface area is 165 Å². The van der Waals surface area contributed by atoms with Crippen molar-refractivity contribution in [3.05, 3.63) is 59.8 Å². The number of methoxy groups -OCH3 is 2. The van der Waals surface area contributed by atoms with E-state index in [2.05, 4.69) is 34.3 Å². The summed E-state index contributed by atoms with van der Waals surface area (Å²) in [5.74, 6) is 1.51. The number of aromatic nitrogens is 1. The van der Waals surface area contributed by atoms with Gasteiger partial charge in [-0.3, -0.25) is 4.79 Å². The van der Waals surface area contributed by atoms with Crippen molar-refractivity contribution in [2.45, 2.75) is 31.7 Å². The monoisotopic (exact) mass is 378 g/mol. The van der Waals surface area contributed by atoms with Gasteiger partial charge in [0.1, 0.15) is 0 Å². The van der Waals surface area contributed by atoms with Crippen LogP contribution in [0.2, 0.25) is 0 Å². The van der Waals surface area contributed by atoms with Crippen molar-refractivity contribution in [3.8, 4) is 11.5 Å². The fourth-order valence-corrected chi connectivity index (χ4v) is 4.20. The maximum absolute atomic E-state index is 13.0. The number of ether oxygens (including phenoxy) is 2. The van der Waals surface area contributed by atoms with Gasteiger partial charge in [0, 0.05) is 29.7 Å². The van der Waals surface area contributed by atoms with Gasteiger partial charge in [-0.15, -0.1) is 0 Å². The first-order valence-corrected chi connectivity index (χ1v) is 9.75. The number of para-hydroxylation sites is 1. The smallest absolute Gasteiger partial charge is 0.227 e. The number of nitrogens with one attached hydrogen (secondary N) is 1. The summed E-state index contributed by atoms with van der Waals surface area (Å²) in [6.45, 7) is 0.832. The van der Waals surface area contributed by atoms with Crippen LogP contribution in [0, 0.1) is 0 Å². The van der Waals surface area contributed by atoms with E-state index in [9.17, 15) is 4.79 Å². The highest BCUT2D eigenvalue weighted by Crippen LogP contribution is 2.29. The summed E-state index contributed by atoms with van der Waals surface area (Å²) in [6.07, 6.45) is 5.47. The Morgan fingerprint density at radius 3 is 2.79 bits per heavy atom. The van der Waals surface area contributed by atoms with Crippen LogP contribution in [-0.4, -0.2) is 42.6 Å². The summed E-state index contributed by atoms with van der Waals surface area (Å²) >= 11 is 0. The molecule has 1 fully saturated rings. The summed E-state index contributed by atoms with van der Waals surface area (Å²) in [4.78, 5) is 18.4. The van der Waals surface area contributed by atoms with Crippen molar-refractivity contribution in [1.29, 1.82) is 0 Å². The van der Waals surface area contributed by atoms with E-state index in [1.807, 2.05) is 24.3 Å². The van der Waals surface area contributed by atoms with Gasteiger partial charge in [0.2, 0.25) is 5.91 Å². The normalized spacial score (nSPS) is 16.5. The van der Waals surface area contributed by atoms with Gasteiger partial charge in [-0.2, -0.15) is 0 Å². The molecule has 0 radical (unpaired) electrons. The van der Waals surface area contributed by atoms with E-state index < -0.39 is 0 Å². The van der Waals surface area contributed by atoms with E-state index in [0.717, 1.165) is 36.9 Å². The molecule has 1 saturated heterocycles. The SMILES string of the molecule is COc1ccc(CC(=O)N2CCCC2Cc2c[nH]c3ccccc23)cc1OC. The number of hydrogen-bond acceptors (Lipinski definition) is 3. The second-order valence-corrected chi connectivity index (χ2v) is 7.31. The molecule has 1 amide bonds. The van der Waals surface area contributed by atoms with Gasteiger partial charge in [0.25, 0.3) is 0 Å². The second-order valence-electron chi connectivity index (χ2n) is 7.31. The molecule has 28 heavy (non-hydrogen) atoms. The highest BCUT2D eigenvalue weighted by atomic mass is 16.5. The number of amides is 1. The molecule has 1 unspecified atom stereocenters. The van der Waals surface area contributed by atoms with Crippen LogP contribution in [0.3, 0.4) is 0 Å². The Bertz CT molecular complexity index is 979. The Morgan fingerprint density at radius 1 is 1.14 bits per heavy atom.